The second kappa shape index (κ2) is 6.59. The van der Waals surface area contributed by atoms with E-state index in [4.69, 9.17) is 10.8 Å². The summed E-state index contributed by atoms with van der Waals surface area (Å²) in [5.74, 6) is 0.342. The van der Waals surface area contributed by atoms with Gasteiger partial charge in [-0.3, -0.25) is 4.79 Å². The van der Waals surface area contributed by atoms with E-state index in [0.29, 0.717) is 11.8 Å². The van der Waals surface area contributed by atoms with Gasteiger partial charge in [0.2, 0.25) is 0 Å². The first-order valence-electron chi connectivity index (χ1n) is 8.16. The zero-order valence-corrected chi connectivity index (χ0v) is 14.0. The highest BCUT2D eigenvalue weighted by atomic mass is 16.4. The van der Waals surface area contributed by atoms with Gasteiger partial charge >= 0.3 is 5.97 Å². The van der Waals surface area contributed by atoms with Crippen LogP contribution in [0.2, 0.25) is 0 Å². The maximum absolute atomic E-state index is 11.0. The summed E-state index contributed by atoms with van der Waals surface area (Å²) in [5.41, 5.74) is 9.16. The lowest BCUT2D eigenvalue weighted by molar-refractivity contribution is -0.138. The lowest BCUT2D eigenvalue weighted by Crippen LogP contribution is -2.31. The molecule has 4 nitrogen and oxygen atoms in total. The molecule has 4 heteroatoms. The van der Waals surface area contributed by atoms with Crippen molar-refractivity contribution >= 4 is 17.3 Å². The predicted molar refractivity (Wildman–Crippen MR) is 91.2 cm³/mol. The second-order valence-corrected chi connectivity index (χ2v) is 7.30. The molecule has 3 N–H and O–H groups in total. The quantitative estimate of drug-likeness (QED) is 0.756. The van der Waals surface area contributed by atoms with Crippen LogP contribution in [0.3, 0.4) is 0 Å². The molecular formula is C18H28N2O2. The molecule has 0 heterocycles. The van der Waals surface area contributed by atoms with Gasteiger partial charge in [0.15, 0.2) is 0 Å². The molecule has 1 aliphatic rings. The Labute approximate surface area is 133 Å². The lowest BCUT2D eigenvalue weighted by Gasteiger charge is -2.30. The van der Waals surface area contributed by atoms with Crippen LogP contribution in [0.5, 0.6) is 0 Å². The molecule has 0 aromatic heterocycles. The summed E-state index contributed by atoms with van der Waals surface area (Å²) >= 11 is 0. The Morgan fingerprint density at radius 1 is 1.27 bits per heavy atom. The van der Waals surface area contributed by atoms with E-state index in [1.807, 2.05) is 12.1 Å². The highest BCUT2D eigenvalue weighted by Crippen LogP contribution is 2.48. The monoisotopic (exact) mass is 304 g/mol. The van der Waals surface area contributed by atoms with Gasteiger partial charge in [-0.25, -0.2) is 0 Å². The van der Waals surface area contributed by atoms with Crippen molar-refractivity contribution < 1.29 is 9.90 Å². The number of benzene rings is 1. The Bertz CT molecular complexity index is 530. The van der Waals surface area contributed by atoms with Crippen LogP contribution in [0.25, 0.3) is 0 Å². The zero-order chi connectivity index (χ0) is 16.4. The van der Waals surface area contributed by atoms with Crippen molar-refractivity contribution in [1.82, 2.24) is 0 Å². The van der Waals surface area contributed by atoms with Crippen LogP contribution in [-0.4, -0.2) is 24.2 Å². The Kier molecular flexibility index (Phi) is 4.99. The molecule has 0 saturated heterocycles. The summed E-state index contributed by atoms with van der Waals surface area (Å²) in [5, 5.41) is 9.06. The number of carboxylic acids is 1. The summed E-state index contributed by atoms with van der Waals surface area (Å²) in [4.78, 5) is 13.4. The van der Waals surface area contributed by atoms with Crippen LogP contribution in [0, 0.1) is 17.8 Å². The number of nitrogens with zero attached hydrogens (tertiary/aromatic N) is 1. The van der Waals surface area contributed by atoms with Crippen molar-refractivity contribution in [3.8, 4) is 0 Å². The van der Waals surface area contributed by atoms with Crippen LogP contribution in [0.15, 0.2) is 18.2 Å². The average Bonchev–Trinajstić information content (AvgIpc) is 3.16. The summed E-state index contributed by atoms with van der Waals surface area (Å²) in [6.07, 6.45) is 0.732. The van der Waals surface area contributed by atoms with E-state index in [0.717, 1.165) is 36.4 Å². The number of carboxylic acid groups (broad SMARTS) is 1. The second-order valence-electron chi connectivity index (χ2n) is 7.30. The van der Waals surface area contributed by atoms with Crippen molar-refractivity contribution in [2.45, 2.75) is 40.0 Å². The summed E-state index contributed by atoms with van der Waals surface area (Å²) < 4.78 is 0. The maximum Gasteiger partial charge on any atom is 0.307 e. The van der Waals surface area contributed by atoms with Crippen LogP contribution in [-0.2, 0) is 4.79 Å². The molecule has 2 unspecified atom stereocenters. The number of rotatable bonds is 7. The predicted octanol–water partition coefficient (Wildman–Crippen LogP) is 3.58. The van der Waals surface area contributed by atoms with Gasteiger partial charge in [0.05, 0.1) is 17.3 Å². The van der Waals surface area contributed by atoms with E-state index < -0.39 is 5.97 Å². The molecule has 1 saturated carbocycles. The van der Waals surface area contributed by atoms with Gasteiger partial charge in [0.25, 0.3) is 0 Å². The number of carbonyl (C=O) groups is 1. The molecule has 0 spiro atoms. The molecule has 122 valence electrons. The van der Waals surface area contributed by atoms with E-state index in [9.17, 15) is 4.79 Å². The SMILES string of the molecule is CC(C)CN(CC(C)C)c1ccc(C2CC2C(=O)O)cc1N. The van der Waals surface area contributed by atoms with Gasteiger partial charge in [0, 0.05) is 13.1 Å². The van der Waals surface area contributed by atoms with Crippen LogP contribution in [0.1, 0.15) is 45.6 Å². The summed E-state index contributed by atoms with van der Waals surface area (Å²) in [6.45, 7) is 10.8. The van der Waals surface area contributed by atoms with Gasteiger partial charge in [0.1, 0.15) is 0 Å². The van der Waals surface area contributed by atoms with Gasteiger partial charge < -0.3 is 15.7 Å². The molecule has 2 rings (SSSR count). The van der Waals surface area contributed by atoms with E-state index in [2.05, 4.69) is 38.7 Å². The maximum atomic E-state index is 11.0. The first kappa shape index (κ1) is 16.7. The van der Waals surface area contributed by atoms with E-state index in [1.54, 1.807) is 0 Å². The lowest BCUT2D eigenvalue weighted by atomic mass is 10.0. The van der Waals surface area contributed by atoms with Crippen molar-refractivity contribution in [3.05, 3.63) is 23.8 Å². The molecule has 0 radical (unpaired) electrons. The fourth-order valence-electron chi connectivity index (χ4n) is 3.08. The molecule has 0 amide bonds. The topological polar surface area (TPSA) is 66.6 Å². The Hall–Kier alpha value is -1.71. The Balaban J connectivity index is 2.18. The molecular weight excluding hydrogens is 276 g/mol. The van der Waals surface area contributed by atoms with Crippen molar-refractivity contribution in [3.63, 3.8) is 0 Å². The largest absolute Gasteiger partial charge is 0.481 e. The standard InChI is InChI=1S/C18H28N2O2/c1-11(2)9-20(10-12(3)4)17-6-5-13(7-16(17)19)14-8-15(14)18(21)22/h5-7,11-12,14-15H,8-10,19H2,1-4H3,(H,21,22). The van der Waals surface area contributed by atoms with Crippen LogP contribution < -0.4 is 10.6 Å². The first-order valence-corrected chi connectivity index (χ1v) is 8.16. The van der Waals surface area contributed by atoms with Crippen LogP contribution in [0.4, 0.5) is 11.4 Å². The molecule has 1 fully saturated rings. The highest BCUT2D eigenvalue weighted by Gasteiger charge is 2.44. The molecule has 0 aliphatic heterocycles. The number of hydrogen-bond acceptors (Lipinski definition) is 3. The third-order valence-electron chi connectivity index (χ3n) is 4.10. The average molecular weight is 304 g/mol. The third kappa shape index (κ3) is 3.93. The summed E-state index contributed by atoms with van der Waals surface area (Å²) in [6, 6.07) is 6.08. The smallest absolute Gasteiger partial charge is 0.307 e. The van der Waals surface area contributed by atoms with E-state index in [1.165, 1.54) is 0 Å². The molecule has 0 bridgehead atoms. The summed E-state index contributed by atoms with van der Waals surface area (Å²) in [7, 11) is 0. The molecule has 2 atom stereocenters. The minimum absolute atomic E-state index is 0.137. The van der Waals surface area contributed by atoms with Gasteiger partial charge in [-0.2, -0.15) is 0 Å². The minimum atomic E-state index is -0.700. The molecule has 1 aliphatic carbocycles. The van der Waals surface area contributed by atoms with Gasteiger partial charge in [-0.1, -0.05) is 33.8 Å². The van der Waals surface area contributed by atoms with Crippen molar-refractivity contribution in [2.24, 2.45) is 17.8 Å². The van der Waals surface area contributed by atoms with Crippen molar-refractivity contribution in [2.75, 3.05) is 23.7 Å². The van der Waals surface area contributed by atoms with E-state index >= 15 is 0 Å². The Morgan fingerprint density at radius 2 is 1.86 bits per heavy atom. The normalized spacial score (nSPS) is 20.5. The molecule has 1 aromatic carbocycles. The van der Waals surface area contributed by atoms with Crippen molar-refractivity contribution in [1.29, 1.82) is 0 Å². The fraction of sp³-hybridized carbons (Fsp3) is 0.611. The zero-order valence-electron chi connectivity index (χ0n) is 14.0. The van der Waals surface area contributed by atoms with E-state index in [-0.39, 0.29) is 11.8 Å². The molecule has 1 aromatic rings. The first-order chi connectivity index (χ1) is 10.3. The van der Waals surface area contributed by atoms with Gasteiger partial charge in [-0.15, -0.1) is 0 Å². The van der Waals surface area contributed by atoms with Crippen LogP contribution >= 0.6 is 0 Å². The molecule has 22 heavy (non-hydrogen) atoms. The minimum Gasteiger partial charge on any atom is -0.481 e. The number of nitrogens with two attached hydrogens (primary N) is 1. The third-order valence-corrected chi connectivity index (χ3v) is 4.10. The number of aliphatic carboxylic acids is 1. The number of anilines is 2. The Morgan fingerprint density at radius 3 is 2.27 bits per heavy atom. The number of hydrogen-bond donors (Lipinski definition) is 2. The van der Waals surface area contributed by atoms with Gasteiger partial charge in [-0.05, 0) is 41.9 Å². The highest BCUT2D eigenvalue weighted by molar-refractivity contribution is 5.76. The number of nitrogen functional groups attached to an aromatic ring is 1. The fourth-order valence-corrected chi connectivity index (χ4v) is 3.08.